The number of carbonyl (C=O) groups excluding carboxylic acids is 3. The number of aliphatic hydroxyl groups excluding tert-OH is 3. The molecule has 0 spiro atoms. The van der Waals surface area contributed by atoms with Gasteiger partial charge < -0.3 is 36.6 Å². The fraction of sp³-hybridized carbons (Fsp3) is 0.333. The maximum absolute atomic E-state index is 13.9. The molecule has 2 aromatic carbocycles. The molecule has 0 aromatic heterocycles. The third-order valence-corrected chi connectivity index (χ3v) is 8.29. The minimum atomic E-state index is -2.94. The van der Waals surface area contributed by atoms with Crippen LogP contribution in [0.25, 0.3) is 5.76 Å². The number of Topliss-reactive ketones (excluding diaryl/α,β-unsaturated/α-hetero) is 2. The minimum Gasteiger partial charge on any atom is -0.508 e. The number of fused-ring (bicyclic) bond motifs is 3. The van der Waals surface area contributed by atoms with E-state index >= 15 is 0 Å². The van der Waals surface area contributed by atoms with Gasteiger partial charge in [-0.15, -0.1) is 0 Å². The number of aliphatic hydroxyl groups is 4. The molecule has 41 heavy (non-hydrogen) atoms. The molecular formula is C30H32N3O8. The Morgan fingerprint density at radius 3 is 2.39 bits per heavy atom. The smallest absolute Gasteiger partial charge is 0.255 e. The average molecular weight is 563 g/mol. The van der Waals surface area contributed by atoms with Crippen molar-refractivity contribution in [2.24, 2.45) is 17.6 Å². The molecule has 11 heteroatoms. The highest BCUT2D eigenvalue weighted by Gasteiger charge is 2.67. The lowest BCUT2D eigenvalue weighted by Crippen LogP contribution is -2.70. The number of nitrogens with one attached hydrogen (secondary N) is 1. The third kappa shape index (κ3) is 4.32. The molecule has 3 aliphatic rings. The topological polar surface area (TPSA) is 194 Å². The molecule has 1 radical (unpaired) electrons. The quantitative estimate of drug-likeness (QED) is 0.182. The van der Waals surface area contributed by atoms with Crippen LogP contribution >= 0.6 is 0 Å². The number of nitrogens with two attached hydrogens (primary N) is 1. The van der Waals surface area contributed by atoms with E-state index in [-0.39, 0.29) is 17.9 Å². The molecule has 11 nitrogen and oxygen atoms in total. The number of primary amides is 1. The Hall–Kier alpha value is -4.03. The molecule has 1 saturated carbocycles. The number of nitrogens with zero attached hydrogens (tertiary/aromatic N) is 1. The largest absolute Gasteiger partial charge is 0.508 e. The Kier molecular flexibility index (Phi) is 7.24. The predicted octanol–water partition coefficient (Wildman–Crippen LogP) is 0.277. The second-order valence-electron chi connectivity index (χ2n) is 10.9. The van der Waals surface area contributed by atoms with Crippen LogP contribution in [0.1, 0.15) is 22.3 Å². The average Bonchev–Trinajstić information content (AvgIpc) is 2.92. The summed E-state index contributed by atoms with van der Waals surface area (Å²) in [5.74, 6) is -8.54. The molecule has 1 amide bonds. The van der Waals surface area contributed by atoms with Gasteiger partial charge in [-0.05, 0) is 38.2 Å². The SMILES string of the molecule is CN(C)[C@H]1C(=O)C(C(N)=O)=C(O)[C@]2(O)C(=O)C3=C(O)c4c(ccc(CNCCc5ccccc5)c4O)[CH][C@@H]3[C@@H](O)[C@H]12. The summed E-state index contributed by atoms with van der Waals surface area (Å²) in [6, 6.07) is 11.7. The highest BCUT2D eigenvalue weighted by molar-refractivity contribution is 6.24. The third-order valence-electron chi connectivity index (χ3n) is 8.29. The number of hydrogen-bond donors (Lipinski definition) is 7. The van der Waals surface area contributed by atoms with Crippen LogP contribution in [0.5, 0.6) is 5.75 Å². The van der Waals surface area contributed by atoms with E-state index in [9.17, 15) is 39.9 Å². The van der Waals surface area contributed by atoms with E-state index in [1.54, 1.807) is 12.1 Å². The summed E-state index contributed by atoms with van der Waals surface area (Å²) in [5, 5.41) is 59.8. The summed E-state index contributed by atoms with van der Waals surface area (Å²) in [5.41, 5.74) is 2.81. The summed E-state index contributed by atoms with van der Waals surface area (Å²) in [6.45, 7) is 0.860. The van der Waals surface area contributed by atoms with Gasteiger partial charge >= 0.3 is 0 Å². The summed E-state index contributed by atoms with van der Waals surface area (Å²) >= 11 is 0. The Morgan fingerprint density at radius 2 is 1.76 bits per heavy atom. The van der Waals surface area contributed by atoms with Gasteiger partial charge in [0.15, 0.2) is 11.4 Å². The van der Waals surface area contributed by atoms with Gasteiger partial charge in [-0.2, -0.15) is 0 Å². The van der Waals surface area contributed by atoms with E-state index in [1.165, 1.54) is 25.4 Å². The Morgan fingerprint density at radius 1 is 1.07 bits per heavy atom. The fourth-order valence-electron chi connectivity index (χ4n) is 6.30. The lowest BCUT2D eigenvalue weighted by atomic mass is 9.56. The maximum Gasteiger partial charge on any atom is 0.255 e. The van der Waals surface area contributed by atoms with Crippen LogP contribution in [-0.2, 0) is 27.3 Å². The molecule has 2 aromatic rings. The summed E-state index contributed by atoms with van der Waals surface area (Å²) < 4.78 is 0. The van der Waals surface area contributed by atoms with Crippen molar-refractivity contribution in [3.8, 4) is 5.75 Å². The molecule has 0 unspecified atom stereocenters. The predicted molar refractivity (Wildman–Crippen MR) is 147 cm³/mol. The van der Waals surface area contributed by atoms with Crippen molar-refractivity contribution in [1.82, 2.24) is 10.2 Å². The summed E-state index contributed by atoms with van der Waals surface area (Å²) in [4.78, 5) is 40.5. The minimum absolute atomic E-state index is 0.0733. The number of hydrogen-bond acceptors (Lipinski definition) is 10. The second-order valence-corrected chi connectivity index (χ2v) is 10.9. The highest BCUT2D eigenvalue weighted by Crippen LogP contribution is 2.53. The van der Waals surface area contributed by atoms with Gasteiger partial charge in [0, 0.05) is 30.0 Å². The van der Waals surface area contributed by atoms with E-state index < -0.39 is 69.7 Å². The van der Waals surface area contributed by atoms with Crippen molar-refractivity contribution in [3.63, 3.8) is 0 Å². The van der Waals surface area contributed by atoms with Crippen molar-refractivity contribution in [2.45, 2.75) is 30.7 Å². The lowest BCUT2D eigenvalue weighted by molar-refractivity contribution is -0.167. The van der Waals surface area contributed by atoms with Crippen LogP contribution < -0.4 is 11.1 Å². The first-order chi connectivity index (χ1) is 19.4. The number of likely N-dealkylation sites (N-methyl/N-ethyl adjacent to an activating group) is 1. The molecule has 8 N–H and O–H groups in total. The van der Waals surface area contributed by atoms with Gasteiger partial charge in [0.05, 0.1) is 23.6 Å². The van der Waals surface area contributed by atoms with Crippen LogP contribution in [0, 0.1) is 18.3 Å². The Balaban J connectivity index is 1.53. The van der Waals surface area contributed by atoms with Crippen molar-refractivity contribution in [3.05, 3.63) is 88.0 Å². The molecule has 3 aliphatic carbocycles. The van der Waals surface area contributed by atoms with E-state index in [1.807, 2.05) is 30.3 Å². The van der Waals surface area contributed by atoms with Crippen molar-refractivity contribution < 1.29 is 39.9 Å². The van der Waals surface area contributed by atoms with E-state index in [2.05, 4.69) is 5.32 Å². The van der Waals surface area contributed by atoms with Crippen molar-refractivity contribution in [2.75, 3.05) is 20.6 Å². The summed E-state index contributed by atoms with van der Waals surface area (Å²) in [6.07, 6.45) is 0.572. The van der Waals surface area contributed by atoms with Crippen LogP contribution in [0.4, 0.5) is 0 Å². The summed E-state index contributed by atoms with van der Waals surface area (Å²) in [7, 11) is 2.91. The monoisotopic (exact) mass is 562 g/mol. The molecule has 215 valence electrons. The Labute approximate surface area is 236 Å². The van der Waals surface area contributed by atoms with Crippen LogP contribution in [-0.4, -0.2) is 86.3 Å². The zero-order valence-corrected chi connectivity index (χ0v) is 22.5. The molecule has 1 fully saturated rings. The van der Waals surface area contributed by atoms with Gasteiger partial charge in [-0.25, -0.2) is 0 Å². The van der Waals surface area contributed by atoms with Gasteiger partial charge in [-0.3, -0.25) is 19.3 Å². The first-order valence-corrected chi connectivity index (χ1v) is 13.2. The number of amides is 1. The van der Waals surface area contributed by atoms with Crippen molar-refractivity contribution >= 4 is 23.2 Å². The van der Waals surface area contributed by atoms with Crippen LogP contribution in [0.3, 0.4) is 0 Å². The van der Waals surface area contributed by atoms with E-state index in [0.717, 1.165) is 12.0 Å². The maximum atomic E-state index is 13.9. The first-order valence-electron chi connectivity index (χ1n) is 13.2. The van der Waals surface area contributed by atoms with Gasteiger partial charge in [0.25, 0.3) is 5.91 Å². The lowest BCUT2D eigenvalue weighted by Gasteiger charge is -2.52. The van der Waals surface area contributed by atoms with Crippen LogP contribution in [0.15, 0.2) is 59.4 Å². The highest BCUT2D eigenvalue weighted by atomic mass is 16.4. The molecule has 0 aliphatic heterocycles. The standard InChI is InChI=1S/C30H32N3O8/c1-33(2)22-21-24(35)17-12-15-8-9-16(13-32-11-10-14-6-4-3-5-7-14)23(34)18(15)25(36)19(17)27(38)30(21,41)28(39)20(26(22)37)29(31)40/h3-9,12,17,21-22,24,32,34-36,39,41H,10-11,13H2,1-2H3,(H2,31,40)/t17-,21-,22+,24+,30+/m0/s1. The van der Waals surface area contributed by atoms with E-state index in [0.29, 0.717) is 17.7 Å². The number of phenols is 1. The molecule has 0 bridgehead atoms. The molecule has 0 saturated heterocycles. The molecule has 0 heterocycles. The fourth-order valence-corrected chi connectivity index (χ4v) is 6.30. The number of ketones is 2. The van der Waals surface area contributed by atoms with E-state index in [4.69, 9.17) is 5.73 Å². The number of phenolic OH excluding ortho intramolecular Hbond substituents is 1. The molecule has 5 atom stereocenters. The number of carbonyl (C=O) groups is 3. The second kappa shape index (κ2) is 10.4. The first kappa shape index (κ1) is 28.5. The number of rotatable bonds is 7. The zero-order valence-electron chi connectivity index (χ0n) is 22.5. The normalized spacial score (nSPS) is 27.5. The van der Waals surface area contributed by atoms with Gasteiger partial charge in [0.1, 0.15) is 22.8 Å². The number of aromatic hydroxyl groups is 1. The molecular weight excluding hydrogens is 530 g/mol. The van der Waals surface area contributed by atoms with Crippen LogP contribution in [0.2, 0.25) is 0 Å². The number of benzene rings is 2. The molecule has 5 rings (SSSR count). The van der Waals surface area contributed by atoms with Crippen molar-refractivity contribution in [1.29, 1.82) is 0 Å². The zero-order chi connectivity index (χ0) is 29.8. The Bertz CT molecular complexity index is 1500. The van der Waals surface area contributed by atoms with Gasteiger partial charge in [0.2, 0.25) is 5.78 Å². The van der Waals surface area contributed by atoms with Gasteiger partial charge in [-0.1, -0.05) is 42.5 Å².